The molecule has 29 heavy (non-hydrogen) atoms. The number of hydrogen-bond donors (Lipinski definition) is 1. The Balaban J connectivity index is 1.65. The number of hydrogen-bond acceptors (Lipinski definition) is 4. The van der Waals surface area contributed by atoms with E-state index in [4.69, 9.17) is 11.6 Å². The maximum absolute atomic E-state index is 13.0. The number of carbonyl (C=O) groups is 2. The molecule has 4 rings (SSSR count). The Morgan fingerprint density at radius 2 is 1.97 bits per heavy atom. The van der Waals surface area contributed by atoms with Gasteiger partial charge in [0, 0.05) is 18.7 Å². The molecule has 8 heteroatoms. The van der Waals surface area contributed by atoms with Gasteiger partial charge in [-0.3, -0.25) is 9.59 Å². The number of aryl methyl sites for hydroxylation is 2. The van der Waals surface area contributed by atoms with Gasteiger partial charge in [0.15, 0.2) is 5.82 Å². The molecule has 1 fully saturated rings. The van der Waals surface area contributed by atoms with E-state index in [1.54, 1.807) is 33.8 Å². The lowest BCUT2D eigenvalue weighted by Gasteiger charge is -2.20. The molecule has 0 unspecified atom stereocenters. The standard InChI is InChI=1S/C21H20ClN5O2/c1-13-12-14(2)27(25-13)18-10-9-15(22)20(24-18)21(29)23-16-6-3-4-7-17(16)26-11-5-8-19(26)28/h3-4,6-7,9-10,12H,5,8,11H2,1-2H3,(H,23,29). The Labute approximate surface area is 173 Å². The molecule has 7 nitrogen and oxygen atoms in total. The first-order valence-electron chi connectivity index (χ1n) is 9.35. The van der Waals surface area contributed by atoms with Crippen LogP contribution in [0, 0.1) is 13.8 Å². The van der Waals surface area contributed by atoms with Gasteiger partial charge >= 0.3 is 0 Å². The summed E-state index contributed by atoms with van der Waals surface area (Å²) < 4.78 is 1.67. The average molecular weight is 410 g/mol. The fourth-order valence-corrected chi connectivity index (χ4v) is 3.66. The van der Waals surface area contributed by atoms with Crippen LogP contribution in [0.4, 0.5) is 11.4 Å². The number of benzene rings is 1. The Morgan fingerprint density at radius 3 is 2.66 bits per heavy atom. The third-order valence-electron chi connectivity index (χ3n) is 4.79. The van der Waals surface area contributed by atoms with Crippen molar-refractivity contribution >= 4 is 34.8 Å². The molecule has 0 bridgehead atoms. The first-order valence-corrected chi connectivity index (χ1v) is 9.73. The zero-order chi connectivity index (χ0) is 20.5. The van der Waals surface area contributed by atoms with Crippen LogP contribution >= 0.6 is 11.6 Å². The third kappa shape index (κ3) is 3.73. The van der Waals surface area contributed by atoms with Gasteiger partial charge in [0.1, 0.15) is 5.69 Å². The van der Waals surface area contributed by atoms with Gasteiger partial charge in [-0.15, -0.1) is 0 Å². The van der Waals surface area contributed by atoms with E-state index in [-0.39, 0.29) is 16.6 Å². The molecule has 0 radical (unpaired) electrons. The van der Waals surface area contributed by atoms with E-state index >= 15 is 0 Å². The van der Waals surface area contributed by atoms with E-state index in [2.05, 4.69) is 15.4 Å². The van der Waals surface area contributed by atoms with Crippen molar-refractivity contribution < 1.29 is 9.59 Å². The monoisotopic (exact) mass is 409 g/mol. The molecule has 148 valence electrons. The largest absolute Gasteiger partial charge is 0.319 e. The Morgan fingerprint density at radius 1 is 1.17 bits per heavy atom. The predicted octanol–water partition coefficient (Wildman–Crippen LogP) is 3.92. The zero-order valence-electron chi connectivity index (χ0n) is 16.1. The highest BCUT2D eigenvalue weighted by molar-refractivity contribution is 6.34. The van der Waals surface area contributed by atoms with Gasteiger partial charge in [-0.25, -0.2) is 9.67 Å². The van der Waals surface area contributed by atoms with Gasteiger partial charge in [0.05, 0.1) is 22.1 Å². The third-order valence-corrected chi connectivity index (χ3v) is 5.09. The summed E-state index contributed by atoms with van der Waals surface area (Å²) in [6.45, 7) is 4.45. The maximum Gasteiger partial charge on any atom is 0.275 e. The highest BCUT2D eigenvalue weighted by Gasteiger charge is 2.25. The van der Waals surface area contributed by atoms with Crippen molar-refractivity contribution in [3.63, 3.8) is 0 Å². The first kappa shape index (κ1) is 19.1. The number of nitrogens with zero attached hydrogens (tertiary/aromatic N) is 4. The molecule has 1 aromatic carbocycles. The lowest BCUT2D eigenvalue weighted by atomic mass is 10.2. The average Bonchev–Trinajstić information content (AvgIpc) is 3.27. The lowest BCUT2D eigenvalue weighted by Crippen LogP contribution is -2.26. The maximum atomic E-state index is 13.0. The molecule has 0 spiro atoms. The van der Waals surface area contributed by atoms with Crippen LogP contribution in [0.3, 0.4) is 0 Å². The van der Waals surface area contributed by atoms with Crippen LogP contribution in [0.1, 0.15) is 34.7 Å². The van der Waals surface area contributed by atoms with Gasteiger partial charge in [0.2, 0.25) is 5.91 Å². The van der Waals surface area contributed by atoms with Crippen molar-refractivity contribution in [1.29, 1.82) is 0 Å². The van der Waals surface area contributed by atoms with E-state index in [1.807, 2.05) is 32.0 Å². The Hall–Kier alpha value is -3.19. The molecular formula is C21H20ClN5O2. The smallest absolute Gasteiger partial charge is 0.275 e. The van der Waals surface area contributed by atoms with Gasteiger partial charge in [0.25, 0.3) is 5.91 Å². The first-order chi connectivity index (χ1) is 13.9. The predicted molar refractivity (Wildman–Crippen MR) is 112 cm³/mol. The topological polar surface area (TPSA) is 80.1 Å². The molecule has 3 aromatic rings. The normalized spacial score (nSPS) is 13.8. The van der Waals surface area contributed by atoms with Crippen LogP contribution in [-0.4, -0.2) is 33.1 Å². The highest BCUT2D eigenvalue weighted by Crippen LogP contribution is 2.30. The van der Waals surface area contributed by atoms with Crippen LogP contribution in [0.25, 0.3) is 5.82 Å². The summed E-state index contributed by atoms with van der Waals surface area (Å²) in [6.07, 6.45) is 1.32. The summed E-state index contributed by atoms with van der Waals surface area (Å²) in [5, 5.41) is 7.50. The second-order valence-electron chi connectivity index (χ2n) is 6.96. The van der Waals surface area contributed by atoms with Gasteiger partial charge in [-0.05, 0) is 50.6 Å². The van der Waals surface area contributed by atoms with Crippen LogP contribution in [0.2, 0.25) is 5.02 Å². The lowest BCUT2D eigenvalue weighted by molar-refractivity contribution is -0.117. The van der Waals surface area contributed by atoms with Crippen LogP contribution < -0.4 is 10.2 Å². The van der Waals surface area contributed by atoms with E-state index in [9.17, 15) is 9.59 Å². The summed E-state index contributed by atoms with van der Waals surface area (Å²) >= 11 is 6.26. The van der Waals surface area contributed by atoms with Crippen molar-refractivity contribution in [2.75, 3.05) is 16.8 Å². The van der Waals surface area contributed by atoms with Crippen LogP contribution in [0.5, 0.6) is 0 Å². The van der Waals surface area contributed by atoms with Gasteiger partial charge < -0.3 is 10.2 Å². The molecule has 2 aromatic heterocycles. The minimum Gasteiger partial charge on any atom is -0.319 e. The van der Waals surface area contributed by atoms with Crippen LogP contribution in [-0.2, 0) is 4.79 Å². The summed E-state index contributed by atoms with van der Waals surface area (Å²) in [5.41, 5.74) is 3.08. The number of carbonyl (C=O) groups excluding carboxylic acids is 2. The molecule has 0 saturated carbocycles. The molecule has 1 aliphatic rings. The molecule has 2 amide bonds. The van der Waals surface area contributed by atoms with Crippen molar-refractivity contribution in [3.05, 3.63) is 64.6 Å². The second kappa shape index (κ2) is 7.67. The van der Waals surface area contributed by atoms with Gasteiger partial charge in [-0.2, -0.15) is 5.10 Å². The SMILES string of the molecule is Cc1cc(C)n(-c2ccc(Cl)c(C(=O)Nc3ccccc3N3CCCC3=O)n2)n1. The number of para-hydroxylation sites is 2. The Kier molecular flexibility index (Phi) is 5.07. The minimum absolute atomic E-state index is 0.0504. The van der Waals surface area contributed by atoms with Gasteiger partial charge in [-0.1, -0.05) is 23.7 Å². The molecule has 0 atom stereocenters. The number of amides is 2. The van der Waals surface area contributed by atoms with Crippen LogP contribution in [0.15, 0.2) is 42.5 Å². The number of rotatable bonds is 4. The van der Waals surface area contributed by atoms with Crippen molar-refractivity contribution in [2.45, 2.75) is 26.7 Å². The number of nitrogens with one attached hydrogen (secondary N) is 1. The van der Waals surface area contributed by atoms with E-state index in [1.165, 1.54) is 0 Å². The molecular weight excluding hydrogens is 390 g/mol. The molecule has 1 N–H and O–H groups in total. The molecule has 1 saturated heterocycles. The van der Waals surface area contributed by atoms with E-state index < -0.39 is 5.91 Å². The molecule has 0 aliphatic carbocycles. The Bertz CT molecular complexity index is 1110. The summed E-state index contributed by atoms with van der Waals surface area (Å²) in [5.74, 6) is 0.111. The summed E-state index contributed by atoms with van der Waals surface area (Å²) in [7, 11) is 0. The van der Waals surface area contributed by atoms with E-state index in [0.29, 0.717) is 30.2 Å². The highest BCUT2D eigenvalue weighted by atomic mass is 35.5. The fraction of sp³-hybridized carbons (Fsp3) is 0.238. The number of aromatic nitrogens is 3. The zero-order valence-corrected chi connectivity index (χ0v) is 16.9. The summed E-state index contributed by atoms with van der Waals surface area (Å²) in [4.78, 5) is 31.2. The molecule has 1 aliphatic heterocycles. The molecule has 3 heterocycles. The second-order valence-corrected chi connectivity index (χ2v) is 7.37. The number of halogens is 1. The van der Waals surface area contributed by atoms with Crippen molar-refractivity contribution in [3.8, 4) is 5.82 Å². The number of pyridine rings is 1. The van der Waals surface area contributed by atoms with Crippen molar-refractivity contribution in [2.24, 2.45) is 0 Å². The number of anilines is 2. The van der Waals surface area contributed by atoms with E-state index in [0.717, 1.165) is 17.8 Å². The minimum atomic E-state index is -0.447. The van der Waals surface area contributed by atoms with Crippen molar-refractivity contribution in [1.82, 2.24) is 14.8 Å². The quantitative estimate of drug-likeness (QED) is 0.708. The summed E-state index contributed by atoms with van der Waals surface area (Å²) in [6, 6.07) is 12.5. The fourth-order valence-electron chi connectivity index (χ4n) is 3.47.